The molecule has 0 saturated carbocycles. The van der Waals surface area contributed by atoms with Crippen molar-refractivity contribution in [3.05, 3.63) is 66.4 Å². The third-order valence-corrected chi connectivity index (χ3v) is 3.92. The van der Waals surface area contributed by atoms with E-state index in [1.165, 1.54) is 6.21 Å². The summed E-state index contributed by atoms with van der Waals surface area (Å²) in [6.07, 6.45) is 3.10. The van der Waals surface area contributed by atoms with Crippen LogP contribution in [0.1, 0.15) is 12.5 Å². The van der Waals surface area contributed by atoms with Gasteiger partial charge in [0.2, 0.25) is 0 Å². The first kappa shape index (κ1) is 20.8. The van der Waals surface area contributed by atoms with Crippen LogP contribution in [0.15, 0.2) is 65.9 Å². The number of aromatic nitrogens is 1. The molecule has 8 nitrogen and oxygen atoms in total. The van der Waals surface area contributed by atoms with Gasteiger partial charge in [0.15, 0.2) is 13.2 Å². The second kappa shape index (κ2) is 10.6. The second-order valence-corrected chi connectivity index (χ2v) is 6.04. The zero-order chi connectivity index (χ0) is 21.2. The summed E-state index contributed by atoms with van der Waals surface area (Å²) in [5, 5.41) is 4.85. The zero-order valence-electron chi connectivity index (χ0n) is 16.4. The minimum Gasteiger partial charge on any atom is -0.481 e. The maximum Gasteiger partial charge on any atom is 0.344 e. The first-order chi connectivity index (χ1) is 14.7. The Kier molecular flexibility index (Phi) is 7.32. The molecule has 3 aromatic rings. The molecule has 3 rings (SSSR count). The second-order valence-electron chi connectivity index (χ2n) is 6.04. The molecule has 1 aromatic heterocycles. The minimum absolute atomic E-state index is 0.210. The topological polar surface area (TPSA) is 99.1 Å². The van der Waals surface area contributed by atoms with E-state index in [0.717, 1.165) is 5.39 Å². The number of hydrogen-bond donors (Lipinski definition) is 1. The molecule has 0 atom stereocenters. The van der Waals surface area contributed by atoms with E-state index >= 15 is 0 Å². The number of benzene rings is 2. The highest BCUT2D eigenvalue weighted by molar-refractivity contribution is 5.87. The summed E-state index contributed by atoms with van der Waals surface area (Å²) in [6, 6.07) is 16.3. The molecule has 30 heavy (non-hydrogen) atoms. The molecule has 0 spiro atoms. The van der Waals surface area contributed by atoms with Gasteiger partial charge in [-0.15, -0.1) is 0 Å². The maximum atomic E-state index is 12.1. The van der Waals surface area contributed by atoms with Gasteiger partial charge in [-0.25, -0.2) is 10.2 Å². The highest BCUT2D eigenvalue weighted by Crippen LogP contribution is 2.22. The summed E-state index contributed by atoms with van der Waals surface area (Å²) in [4.78, 5) is 27.8. The third kappa shape index (κ3) is 5.78. The van der Waals surface area contributed by atoms with Crippen LogP contribution in [0.2, 0.25) is 0 Å². The van der Waals surface area contributed by atoms with E-state index in [0.29, 0.717) is 22.6 Å². The van der Waals surface area contributed by atoms with Gasteiger partial charge in [-0.2, -0.15) is 5.10 Å². The van der Waals surface area contributed by atoms with Gasteiger partial charge in [0.25, 0.3) is 5.91 Å². The summed E-state index contributed by atoms with van der Waals surface area (Å²) < 4.78 is 15.8. The molecule has 1 amide bonds. The Morgan fingerprint density at radius 2 is 1.77 bits per heavy atom. The Morgan fingerprint density at radius 1 is 1.00 bits per heavy atom. The lowest BCUT2D eigenvalue weighted by Gasteiger charge is -2.08. The number of fused-ring (bicyclic) bond motifs is 1. The van der Waals surface area contributed by atoms with Crippen LogP contribution < -0.4 is 14.9 Å². The van der Waals surface area contributed by atoms with Crippen molar-refractivity contribution in [1.29, 1.82) is 0 Å². The van der Waals surface area contributed by atoms with Crippen molar-refractivity contribution in [1.82, 2.24) is 10.4 Å². The largest absolute Gasteiger partial charge is 0.481 e. The van der Waals surface area contributed by atoms with E-state index in [1.807, 2.05) is 24.3 Å². The molecule has 0 aliphatic rings. The Morgan fingerprint density at radius 3 is 2.63 bits per heavy atom. The molecule has 2 aromatic carbocycles. The van der Waals surface area contributed by atoms with Gasteiger partial charge in [-0.05, 0) is 31.2 Å². The van der Waals surface area contributed by atoms with Crippen LogP contribution in [0, 0.1) is 0 Å². The summed E-state index contributed by atoms with van der Waals surface area (Å²) in [5.74, 6) is 0.0771. The van der Waals surface area contributed by atoms with Crippen LogP contribution in [0.4, 0.5) is 0 Å². The van der Waals surface area contributed by atoms with Crippen molar-refractivity contribution in [2.24, 2.45) is 5.10 Å². The Hall–Kier alpha value is -3.94. The van der Waals surface area contributed by atoms with E-state index in [4.69, 9.17) is 14.2 Å². The Balaban J connectivity index is 1.54. The predicted octanol–water partition coefficient (Wildman–Crippen LogP) is 2.71. The number of nitrogens with one attached hydrogen (secondary N) is 1. The first-order valence-corrected chi connectivity index (χ1v) is 9.33. The Labute approximate surface area is 173 Å². The maximum absolute atomic E-state index is 12.1. The number of carbonyl (C=O) groups excluding carboxylic acids is 2. The molecule has 1 heterocycles. The minimum atomic E-state index is -0.461. The van der Waals surface area contributed by atoms with Crippen molar-refractivity contribution < 1.29 is 23.8 Å². The van der Waals surface area contributed by atoms with Gasteiger partial charge >= 0.3 is 5.97 Å². The quantitative estimate of drug-likeness (QED) is 0.333. The van der Waals surface area contributed by atoms with Gasteiger partial charge in [0, 0.05) is 17.1 Å². The summed E-state index contributed by atoms with van der Waals surface area (Å²) in [6.45, 7) is 1.59. The normalized spacial score (nSPS) is 10.7. The molecular formula is C22H21N3O5. The molecule has 0 fully saturated rings. The molecule has 0 unspecified atom stereocenters. The summed E-state index contributed by atoms with van der Waals surface area (Å²) >= 11 is 0. The fourth-order valence-corrected chi connectivity index (χ4v) is 2.60. The average molecular weight is 407 g/mol. The van der Waals surface area contributed by atoms with Crippen molar-refractivity contribution >= 4 is 29.0 Å². The van der Waals surface area contributed by atoms with Crippen molar-refractivity contribution in [3.63, 3.8) is 0 Å². The van der Waals surface area contributed by atoms with Crippen LogP contribution in [-0.4, -0.2) is 42.9 Å². The fourth-order valence-electron chi connectivity index (χ4n) is 2.60. The van der Waals surface area contributed by atoms with Crippen LogP contribution in [0.25, 0.3) is 10.9 Å². The molecule has 8 heteroatoms. The molecule has 154 valence electrons. The monoisotopic (exact) mass is 407 g/mol. The number of carbonyl (C=O) groups is 2. The molecule has 0 aliphatic carbocycles. The van der Waals surface area contributed by atoms with E-state index in [-0.39, 0.29) is 19.8 Å². The lowest BCUT2D eigenvalue weighted by Crippen LogP contribution is -2.24. The lowest BCUT2D eigenvalue weighted by molar-refractivity contribution is -0.145. The predicted molar refractivity (Wildman–Crippen MR) is 112 cm³/mol. The zero-order valence-corrected chi connectivity index (χ0v) is 16.4. The van der Waals surface area contributed by atoms with Crippen LogP contribution in [0.5, 0.6) is 11.5 Å². The number of nitrogens with zero attached hydrogens (tertiary/aromatic N) is 2. The number of para-hydroxylation sites is 2. The van der Waals surface area contributed by atoms with Gasteiger partial charge < -0.3 is 14.2 Å². The fraction of sp³-hybridized carbons (Fsp3) is 0.182. The average Bonchev–Trinajstić information content (AvgIpc) is 2.77. The van der Waals surface area contributed by atoms with Gasteiger partial charge in [-0.1, -0.05) is 30.3 Å². The molecule has 0 radical (unpaired) electrons. The third-order valence-electron chi connectivity index (χ3n) is 3.92. The molecule has 0 bridgehead atoms. The van der Waals surface area contributed by atoms with Crippen LogP contribution in [-0.2, 0) is 14.3 Å². The van der Waals surface area contributed by atoms with Crippen molar-refractivity contribution in [3.8, 4) is 11.5 Å². The first-order valence-electron chi connectivity index (χ1n) is 9.33. The SMILES string of the molecule is CCOC(=O)COc1ccccc1/C=N/NC(=O)COc1cccc2cccnc12. The number of esters is 1. The number of hydrogen-bond acceptors (Lipinski definition) is 7. The highest BCUT2D eigenvalue weighted by Gasteiger charge is 2.08. The smallest absolute Gasteiger partial charge is 0.344 e. The summed E-state index contributed by atoms with van der Waals surface area (Å²) in [7, 11) is 0. The van der Waals surface area contributed by atoms with Crippen LogP contribution >= 0.6 is 0 Å². The van der Waals surface area contributed by atoms with E-state index in [1.54, 1.807) is 43.5 Å². The number of hydrazone groups is 1. The van der Waals surface area contributed by atoms with Gasteiger partial charge in [0.1, 0.15) is 17.0 Å². The van der Waals surface area contributed by atoms with E-state index in [9.17, 15) is 9.59 Å². The number of rotatable bonds is 9. The summed E-state index contributed by atoms with van der Waals surface area (Å²) in [5.41, 5.74) is 3.68. The number of amides is 1. The molecular weight excluding hydrogens is 386 g/mol. The number of ether oxygens (including phenoxy) is 3. The van der Waals surface area contributed by atoms with Crippen molar-refractivity contribution in [2.45, 2.75) is 6.92 Å². The van der Waals surface area contributed by atoms with Gasteiger partial charge in [-0.3, -0.25) is 9.78 Å². The number of pyridine rings is 1. The Bertz CT molecular complexity index is 1050. The highest BCUT2D eigenvalue weighted by atomic mass is 16.6. The van der Waals surface area contributed by atoms with E-state index < -0.39 is 11.9 Å². The molecule has 1 N–H and O–H groups in total. The standard InChI is InChI=1S/C22H21N3O5/c1-2-28-21(27)15-30-18-10-4-3-7-17(18)13-24-25-20(26)14-29-19-11-5-8-16-9-6-12-23-22(16)19/h3-13H,2,14-15H2,1H3,(H,25,26)/b24-13+. The van der Waals surface area contributed by atoms with Gasteiger partial charge in [0.05, 0.1) is 12.8 Å². The van der Waals surface area contributed by atoms with Crippen molar-refractivity contribution in [2.75, 3.05) is 19.8 Å². The molecule has 0 aliphatic heterocycles. The van der Waals surface area contributed by atoms with E-state index in [2.05, 4.69) is 15.5 Å². The van der Waals surface area contributed by atoms with Crippen LogP contribution in [0.3, 0.4) is 0 Å². The lowest BCUT2D eigenvalue weighted by atomic mass is 10.2. The molecule has 0 saturated heterocycles.